The maximum atomic E-state index is 9.86. The van der Waals surface area contributed by atoms with E-state index in [1.807, 2.05) is 24.4 Å². The fourth-order valence-electron chi connectivity index (χ4n) is 5.29. The predicted molar refractivity (Wildman–Crippen MR) is 132 cm³/mol. The number of aromatic nitrogens is 5. The lowest BCUT2D eigenvalue weighted by Gasteiger charge is -2.44. The Morgan fingerprint density at radius 2 is 2.11 bits per heavy atom. The van der Waals surface area contributed by atoms with Crippen LogP contribution in [0.3, 0.4) is 0 Å². The number of aromatic amines is 1. The van der Waals surface area contributed by atoms with E-state index in [4.69, 9.17) is 4.74 Å². The van der Waals surface area contributed by atoms with Gasteiger partial charge in [-0.15, -0.1) is 0 Å². The lowest BCUT2D eigenvalue weighted by atomic mass is 9.97. The summed E-state index contributed by atoms with van der Waals surface area (Å²) in [6, 6.07) is 14.7. The van der Waals surface area contributed by atoms with Crippen molar-refractivity contribution in [1.82, 2.24) is 29.7 Å². The first-order chi connectivity index (χ1) is 17.2. The van der Waals surface area contributed by atoms with Gasteiger partial charge in [0.15, 0.2) is 5.65 Å². The Balaban J connectivity index is 1.34. The Labute approximate surface area is 201 Å². The Hall–Kier alpha value is -4.42. The maximum absolute atomic E-state index is 9.86. The minimum atomic E-state index is 0.379. The highest BCUT2D eigenvalue weighted by Crippen LogP contribution is 2.40. The van der Waals surface area contributed by atoms with Crippen molar-refractivity contribution in [2.24, 2.45) is 0 Å². The molecule has 1 unspecified atom stereocenters. The average Bonchev–Trinajstić information content (AvgIpc) is 3.51. The maximum Gasteiger partial charge on any atom is 0.162 e. The monoisotopic (exact) mass is 462 g/mol. The summed E-state index contributed by atoms with van der Waals surface area (Å²) in [6.07, 6.45) is 5.33. The standard InChI is InChI=1S/C26H22N8O/c1-32-7-8-33-18(14-32)15-35-24-10-16(3-4-23(24)33)25-20-11-19(17(12-27)9-22(20)30-31-25)21-13-29-34-6-2-5-28-26(21)34/h2-6,9-11,13,18H,7-8,14-15H2,1H3,(H,30,31). The molecule has 1 fully saturated rings. The molecule has 2 aromatic carbocycles. The van der Waals surface area contributed by atoms with Gasteiger partial charge in [-0.1, -0.05) is 6.07 Å². The van der Waals surface area contributed by atoms with E-state index in [2.05, 4.69) is 61.4 Å². The number of benzene rings is 2. The van der Waals surface area contributed by atoms with Crippen molar-refractivity contribution in [1.29, 1.82) is 5.26 Å². The third-order valence-electron chi connectivity index (χ3n) is 7.05. The fraction of sp³-hybridized carbons (Fsp3) is 0.231. The molecule has 1 saturated heterocycles. The minimum Gasteiger partial charge on any atom is -0.489 e. The first-order valence-electron chi connectivity index (χ1n) is 11.6. The van der Waals surface area contributed by atoms with Crippen molar-refractivity contribution in [3.05, 3.63) is 60.6 Å². The molecule has 35 heavy (non-hydrogen) atoms. The normalized spacial score (nSPS) is 17.7. The van der Waals surface area contributed by atoms with Crippen LogP contribution in [0.4, 0.5) is 5.69 Å². The summed E-state index contributed by atoms with van der Waals surface area (Å²) in [5, 5.41) is 22.9. The van der Waals surface area contributed by atoms with Gasteiger partial charge in [0.2, 0.25) is 0 Å². The van der Waals surface area contributed by atoms with E-state index in [1.165, 1.54) is 0 Å². The van der Waals surface area contributed by atoms with Crippen molar-refractivity contribution in [2.75, 3.05) is 38.2 Å². The first kappa shape index (κ1) is 20.0. The van der Waals surface area contributed by atoms with Gasteiger partial charge in [0.05, 0.1) is 35.1 Å². The number of H-pyrrole nitrogens is 1. The number of anilines is 1. The molecule has 1 atom stereocenters. The summed E-state index contributed by atoms with van der Waals surface area (Å²) in [5.74, 6) is 0.889. The molecule has 0 amide bonds. The van der Waals surface area contributed by atoms with Crippen LogP contribution in [0.25, 0.3) is 38.9 Å². The van der Waals surface area contributed by atoms with Crippen LogP contribution >= 0.6 is 0 Å². The number of hydrogen-bond donors (Lipinski definition) is 1. The summed E-state index contributed by atoms with van der Waals surface area (Å²) in [6.45, 7) is 3.73. The van der Waals surface area contributed by atoms with Crippen LogP contribution in [0, 0.1) is 11.3 Å². The molecule has 0 spiro atoms. The summed E-state index contributed by atoms with van der Waals surface area (Å²) >= 11 is 0. The van der Waals surface area contributed by atoms with Crippen LogP contribution in [-0.4, -0.2) is 69.0 Å². The Kier molecular flexibility index (Phi) is 4.31. The molecule has 5 aromatic rings. The van der Waals surface area contributed by atoms with Gasteiger partial charge in [0, 0.05) is 54.1 Å². The third kappa shape index (κ3) is 3.07. The Morgan fingerprint density at radius 1 is 1.17 bits per heavy atom. The predicted octanol–water partition coefficient (Wildman–Crippen LogP) is 3.32. The molecule has 7 rings (SSSR count). The van der Waals surface area contributed by atoms with E-state index in [1.54, 1.807) is 16.9 Å². The van der Waals surface area contributed by atoms with Crippen molar-refractivity contribution >= 4 is 22.2 Å². The molecule has 2 aliphatic rings. The van der Waals surface area contributed by atoms with Crippen LogP contribution in [0.2, 0.25) is 0 Å². The van der Waals surface area contributed by atoms with Crippen molar-refractivity contribution in [3.63, 3.8) is 0 Å². The molecule has 9 nitrogen and oxygen atoms in total. The second-order valence-electron chi connectivity index (χ2n) is 9.18. The Bertz CT molecular complexity index is 1640. The number of ether oxygens (including phenoxy) is 1. The lowest BCUT2D eigenvalue weighted by Crippen LogP contribution is -2.56. The van der Waals surface area contributed by atoms with E-state index in [0.717, 1.165) is 64.4 Å². The highest BCUT2D eigenvalue weighted by atomic mass is 16.5. The second kappa shape index (κ2) is 7.55. The van der Waals surface area contributed by atoms with Gasteiger partial charge in [-0.25, -0.2) is 9.50 Å². The van der Waals surface area contributed by atoms with Gasteiger partial charge in [0.1, 0.15) is 18.1 Å². The van der Waals surface area contributed by atoms with Crippen LogP contribution in [0.15, 0.2) is 55.0 Å². The first-order valence-corrected chi connectivity index (χ1v) is 11.6. The molecule has 2 aliphatic heterocycles. The average molecular weight is 463 g/mol. The zero-order valence-corrected chi connectivity index (χ0v) is 19.1. The molecule has 0 aliphatic carbocycles. The van der Waals surface area contributed by atoms with E-state index in [-0.39, 0.29) is 0 Å². The number of likely N-dealkylation sites (N-methyl/N-ethyl adjacent to an activating group) is 1. The lowest BCUT2D eigenvalue weighted by molar-refractivity contribution is 0.188. The number of rotatable bonds is 2. The number of hydrogen-bond acceptors (Lipinski definition) is 7. The smallest absolute Gasteiger partial charge is 0.162 e. The van der Waals surface area contributed by atoms with Crippen molar-refractivity contribution in [2.45, 2.75) is 6.04 Å². The van der Waals surface area contributed by atoms with Crippen LogP contribution in [-0.2, 0) is 0 Å². The zero-order chi connectivity index (χ0) is 23.5. The minimum absolute atomic E-state index is 0.379. The van der Waals surface area contributed by atoms with Crippen molar-refractivity contribution in [3.8, 4) is 34.2 Å². The van der Waals surface area contributed by atoms with E-state index >= 15 is 0 Å². The van der Waals surface area contributed by atoms with Gasteiger partial charge in [0.25, 0.3) is 0 Å². The quantitative estimate of drug-likeness (QED) is 0.430. The van der Waals surface area contributed by atoms with Crippen LogP contribution in [0.5, 0.6) is 5.75 Å². The summed E-state index contributed by atoms with van der Waals surface area (Å²) < 4.78 is 7.90. The summed E-state index contributed by atoms with van der Waals surface area (Å²) in [5.41, 5.74) is 6.58. The molecule has 0 radical (unpaired) electrons. The van der Waals surface area contributed by atoms with Crippen LogP contribution < -0.4 is 9.64 Å². The van der Waals surface area contributed by atoms with E-state index in [9.17, 15) is 5.26 Å². The van der Waals surface area contributed by atoms with Gasteiger partial charge in [-0.3, -0.25) is 5.10 Å². The SMILES string of the molecule is CN1CCN2c3ccc(-c4n[nH]c5cc(C#N)c(-c6cnn7cccnc67)cc45)cc3OCC2C1. The second-order valence-corrected chi connectivity index (χ2v) is 9.18. The molecule has 0 bridgehead atoms. The van der Waals surface area contributed by atoms with Gasteiger partial charge < -0.3 is 14.5 Å². The largest absolute Gasteiger partial charge is 0.489 e. The van der Waals surface area contributed by atoms with Gasteiger partial charge >= 0.3 is 0 Å². The summed E-state index contributed by atoms with van der Waals surface area (Å²) in [4.78, 5) is 9.28. The molecule has 1 N–H and O–H groups in total. The molecule has 9 heteroatoms. The number of nitriles is 1. The number of nitrogens with one attached hydrogen (secondary N) is 1. The topological polar surface area (TPSA) is 98.4 Å². The van der Waals surface area contributed by atoms with Gasteiger partial charge in [-0.05, 0) is 37.4 Å². The highest BCUT2D eigenvalue weighted by molar-refractivity contribution is 5.99. The zero-order valence-electron chi connectivity index (χ0n) is 19.1. The summed E-state index contributed by atoms with van der Waals surface area (Å²) in [7, 11) is 2.16. The molecular weight excluding hydrogens is 440 g/mol. The van der Waals surface area contributed by atoms with E-state index < -0.39 is 0 Å². The third-order valence-corrected chi connectivity index (χ3v) is 7.05. The Morgan fingerprint density at radius 3 is 3.03 bits per heavy atom. The molecular formula is C26H22N8O. The van der Waals surface area contributed by atoms with Gasteiger partial charge in [-0.2, -0.15) is 15.5 Å². The number of piperazine rings is 1. The van der Waals surface area contributed by atoms with E-state index in [0.29, 0.717) is 23.9 Å². The highest BCUT2D eigenvalue weighted by Gasteiger charge is 2.32. The number of nitrogens with zero attached hydrogens (tertiary/aromatic N) is 7. The fourth-order valence-corrected chi connectivity index (χ4v) is 5.29. The molecule has 0 saturated carbocycles. The van der Waals surface area contributed by atoms with Crippen molar-refractivity contribution < 1.29 is 4.74 Å². The molecule has 3 aromatic heterocycles. The van der Waals surface area contributed by atoms with Crippen LogP contribution in [0.1, 0.15) is 5.56 Å². The molecule has 172 valence electrons. The molecule has 5 heterocycles. The number of fused-ring (bicyclic) bond motifs is 5.